The lowest BCUT2D eigenvalue weighted by Gasteiger charge is -2.37. The van der Waals surface area contributed by atoms with Gasteiger partial charge in [0.25, 0.3) is 5.91 Å². The average Bonchev–Trinajstić information content (AvgIpc) is 2.74. The number of hydrogen-bond donors (Lipinski definition) is 2. The maximum Gasteiger partial charge on any atom is 0.338 e. The van der Waals surface area contributed by atoms with E-state index in [-0.39, 0.29) is 12.0 Å². The van der Waals surface area contributed by atoms with E-state index in [0.29, 0.717) is 28.5 Å². The van der Waals surface area contributed by atoms with Crippen LogP contribution in [0.25, 0.3) is 0 Å². The van der Waals surface area contributed by atoms with Crippen molar-refractivity contribution in [2.45, 2.75) is 39.8 Å². The molecule has 2 N–H and O–H groups in total. The van der Waals surface area contributed by atoms with Crippen molar-refractivity contribution in [3.63, 3.8) is 0 Å². The zero-order chi connectivity index (χ0) is 23.4. The summed E-state index contributed by atoms with van der Waals surface area (Å²) in [5.41, 5.74) is 2.98. The normalized spacial score (nSPS) is 16.1. The molecule has 1 unspecified atom stereocenters. The number of halogens is 1. The number of benzene rings is 2. The van der Waals surface area contributed by atoms with E-state index in [9.17, 15) is 14.0 Å². The number of carbonyl (C=O) groups is 2. The first kappa shape index (κ1) is 23.4. The van der Waals surface area contributed by atoms with Crippen molar-refractivity contribution in [1.29, 1.82) is 0 Å². The minimum absolute atomic E-state index is 0.253. The van der Waals surface area contributed by atoms with Gasteiger partial charge in [0.2, 0.25) is 0 Å². The number of nitrogens with zero attached hydrogens (tertiary/aromatic N) is 1. The molecule has 2 aromatic carbocycles. The van der Waals surface area contributed by atoms with E-state index in [1.165, 1.54) is 24.3 Å². The van der Waals surface area contributed by atoms with Crippen LogP contribution in [0.1, 0.15) is 49.7 Å². The van der Waals surface area contributed by atoms with E-state index < -0.39 is 17.8 Å². The second-order valence-electron chi connectivity index (χ2n) is 7.66. The van der Waals surface area contributed by atoms with E-state index in [0.717, 1.165) is 11.3 Å². The van der Waals surface area contributed by atoms with Gasteiger partial charge in [-0.3, -0.25) is 4.79 Å². The highest BCUT2D eigenvalue weighted by molar-refractivity contribution is 7.80. The van der Waals surface area contributed by atoms with Crippen LogP contribution in [0.5, 0.6) is 0 Å². The Balaban J connectivity index is 1.86. The summed E-state index contributed by atoms with van der Waals surface area (Å²) in [4.78, 5) is 27.1. The molecule has 0 saturated heterocycles. The summed E-state index contributed by atoms with van der Waals surface area (Å²) in [5, 5.41) is 6.55. The first-order valence-electron chi connectivity index (χ1n) is 10.4. The first-order chi connectivity index (χ1) is 15.2. The molecule has 1 aliphatic rings. The molecule has 0 aliphatic carbocycles. The van der Waals surface area contributed by atoms with E-state index >= 15 is 0 Å². The van der Waals surface area contributed by atoms with Crippen LogP contribution in [0.15, 0.2) is 59.8 Å². The fraction of sp³-hybridized carbons (Fsp3) is 0.292. The average molecular weight is 456 g/mol. The smallest absolute Gasteiger partial charge is 0.338 e. The van der Waals surface area contributed by atoms with E-state index in [1.54, 1.807) is 26.0 Å². The van der Waals surface area contributed by atoms with Gasteiger partial charge < -0.3 is 20.3 Å². The van der Waals surface area contributed by atoms with Crippen molar-refractivity contribution in [2.24, 2.45) is 0 Å². The molecule has 0 spiro atoms. The quantitative estimate of drug-likeness (QED) is 0.492. The van der Waals surface area contributed by atoms with Gasteiger partial charge in [0.05, 0.1) is 17.7 Å². The Kier molecular flexibility index (Phi) is 7.25. The van der Waals surface area contributed by atoms with Crippen molar-refractivity contribution >= 4 is 34.9 Å². The van der Waals surface area contributed by atoms with Crippen molar-refractivity contribution in [3.8, 4) is 0 Å². The predicted octanol–water partition coefficient (Wildman–Crippen LogP) is 4.55. The molecule has 1 atom stereocenters. The second kappa shape index (κ2) is 9.91. The Labute approximate surface area is 192 Å². The van der Waals surface area contributed by atoms with Crippen molar-refractivity contribution in [3.05, 3.63) is 76.7 Å². The molecule has 8 heteroatoms. The Hall–Kier alpha value is -3.26. The number of allylic oxidation sites excluding steroid dienone is 1. The fourth-order valence-electron chi connectivity index (χ4n) is 3.52. The number of nitrogens with one attached hydrogen (secondary N) is 2. The number of esters is 1. The summed E-state index contributed by atoms with van der Waals surface area (Å²) < 4.78 is 18.6. The molecule has 168 valence electrons. The maximum atomic E-state index is 13.1. The maximum absolute atomic E-state index is 13.1. The van der Waals surface area contributed by atoms with Gasteiger partial charge in [0.15, 0.2) is 5.11 Å². The summed E-state index contributed by atoms with van der Waals surface area (Å²) >= 11 is 5.50. The van der Waals surface area contributed by atoms with E-state index in [2.05, 4.69) is 10.6 Å². The largest absolute Gasteiger partial charge is 0.459 e. The van der Waals surface area contributed by atoms with Crippen molar-refractivity contribution < 1.29 is 18.7 Å². The van der Waals surface area contributed by atoms with Crippen LogP contribution in [0.3, 0.4) is 0 Å². The lowest BCUT2D eigenvalue weighted by molar-refractivity contribution is -0.143. The van der Waals surface area contributed by atoms with Gasteiger partial charge in [0, 0.05) is 23.5 Å². The third-order valence-electron chi connectivity index (χ3n) is 5.08. The number of rotatable bonds is 6. The molecule has 1 heterocycles. The standard InChI is InChI=1S/C24H26FN3O3S/c1-5-28-15(4)20(23(30)31-14(2)3)21(27-24(28)32)16-8-12-19(13-9-16)26-22(29)17-6-10-18(25)11-7-17/h6-14,21H,5H2,1-4H3,(H,26,29)(H,27,32). The molecule has 0 saturated carbocycles. The van der Waals surface area contributed by atoms with Crippen LogP contribution in [-0.2, 0) is 9.53 Å². The molecule has 32 heavy (non-hydrogen) atoms. The van der Waals surface area contributed by atoms with Gasteiger partial charge in [-0.05, 0) is 81.9 Å². The Morgan fingerprint density at radius 1 is 1.16 bits per heavy atom. The van der Waals surface area contributed by atoms with Gasteiger partial charge >= 0.3 is 5.97 Å². The second-order valence-corrected chi connectivity index (χ2v) is 8.05. The third kappa shape index (κ3) is 5.13. The van der Waals surface area contributed by atoms with Crippen LogP contribution in [0.4, 0.5) is 10.1 Å². The van der Waals surface area contributed by atoms with Crippen LogP contribution >= 0.6 is 12.2 Å². The number of anilines is 1. The Morgan fingerprint density at radius 3 is 2.34 bits per heavy atom. The molecule has 0 radical (unpaired) electrons. The number of hydrogen-bond acceptors (Lipinski definition) is 4. The predicted molar refractivity (Wildman–Crippen MR) is 126 cm³/mol. The molecule has 6 nitrogen and oxygen atoms in total. The lowest BCUT2D eigenvalue weighted by atomic mass is 9.94. The summed E-state index contributed by atoms with van der Waals surface area (Å²) in [7, 11) is 0. The number of amides is 1. The summed E-state index contributed by atoms with van der Waals surface area (Å²) in [5.74, 6) is -1.14. The highest BCUT2D eigenvalue weighted by atomic mass is 32.1. The zero-order valence-electron chi connectivity index (χ0n) is 18.4. The third-order valence-corrected chi connectivity index (χ3v) is 5.42. The molecule has 2 aromatic rings. The molecule has 1 amide bonds. The first-order valence-corrected chi connectivity index (χ1v) is 10.8. The molecule has 0 bridgehead atoms. The van der Waals surface area contributed by atoms with Crippen LogP contribution in [0, 0.1) is 5.82 Å². The van der Waals surface area contributed by atoms with E-state index in [4.69, 9.17) is 17.0 Å². The Bertz CT molecular complexity index is 1050. The fourth-order valence-corrected chi connectivity index (χ4v) is 3.90. The van der Waals surface area contributed by atoms with Crippen LogP contribution in [-0.4, -0.2) is 34.5 Å². The number of ether oxygens (including phenoxy) is 1. The van der Waals surface area contributed by atoms with Gasteiger partial charge in [0.1, 0.15) is 5.82 Å². The lowest BCUT2D eigenvalue weighted by Crippen LogP contribution is -2.47. The molecular formula is C24H26FN3O3S. The summed E-state index contributed by atoms with van der Waals surface area (Å²) in [6, 6.07) is 12.0. The highest BCUT2D eigenvalue weighted by Gasteiger charge is 2.34. The van der Waals surface area contributed by atoms with Gasteiger partial charge in [-0.25, -0.2) is 9.18 Å². The highest BCUT2D eigenvalue weighted by Crippen LogP contribution is 2.32. The van der Waals surface area contributed by atoms with Crippen molar-refractivity contribution in [1.82, 2.24) is 10.2 Å². The van der Waals surface area contributed by atoms with Crippen molar-refractivity contribution in [2.75, 3.05) is 11.9 Å². The van der Waals surface area contributed by atoms with Gasteiger partial charge in [-0.15, -0.1) is 0 Å². The summed E-state index contributed by atoms with van der Waals surface area (Å²) in [6.07, 6.45) is -0.253. The minimum atomic E-state index is -0.474. The minimum Gasteiger partial charge on any atom is -0.459 e. The Morgan fingerprint density at radius 2 is 1.78 bits per heavy atom. The molecule has 1 aliphatic heterocycles. The molecule has 3 rings (SSSR count). The topological polar surface area (TPSA) is 70.7 Å². The monoisotopic (exact) mass is 455 g/mol. The summed E-state index contributed by atoms with van der Waals surface area (Å²) in [6.45, 7) is 8.05. The number of carbonyl (C=O) groups excluding carboxylic acids is 2. The molecule has 0 aromatic heterocycles. The van der Waals surface area contributed by atoms with Crippen LogP contribution in [0.2, 0.25) is 0 Å². The number of thiocarbonyl (C=S) groups is 1. The van der Waals surface area contributed by atoms with Crippen LogP contribution < -0.4 is 10.6 Å². The molecule has 0 fully saturated rings. The SMILES string of the molecule is CCN1C(=S)NC(c2ccc(NC(=O)c3ccc(F)cc3)cc2)C(C(=O)OC(C)C)=C1C. The van der Waals surface area contributed by atoms with Gasteiger partial charge in [-0.2, -0.15) is 0 Å². The van der Waals surface area contributed by atoms with E-state index in [1.807, 2.05) is 30.9 Å². The molecular weight excluding hydrogens is 429 g/mol. The van der Waals surface area contributed by atoms with Gasteiger partial charge in [-0.1, -0.05) is 12.1 Å². The zero-order valence-corrected chi connectivity index (χ0v) is 19.3.